The van der Waals surface area contributed by atoms with E-state index in [2.05, 4.69) is 25.2 Å². The maximum absolute atomic E-state index is 6.29. The number of hydrogen-bond acceptors (Lipinski definition) is 2. The summed E-state index contributed by atoms with van der Waals surface area (Å²) in [6.45, 7) is 4.27. The Hall–Kier alpha value is -0.250. The quantitative estimate of drug-likeness (QED) is 0.649. The highest BCUT2D eigenvalue weighted by Crippen LogP contribution is 2.32. The van der Waals surface area contributed by atoms with Crippen LogP contribution in [0.4, 0.5) is 0 Å². The van der Waals surface area contributed by atoms with E-state index in [1.807, 2.05) is 18.2 Å². The van der Waals surface area contributed by atoms with Gasteiger partial charge in [0.2, 0.25) is 0 Å². The van der Waals surface area contributed by atoms with Gasteiger partial charge >= 0.3 is 0 Å². The van der Waals surface area contributed by atoms with Crippen molar-refractivity contribution in [1.29, 1.82) is 0 Å². The lowest BCUT2D eigenvalue weighted by Crippen LogP contribution is -2.23. The third-order valence-electron chi connectivity index (χ3n) is 3.22. The van der Waals surface area contributed by atoms with Crippen LogP contribution in [0.25, 0.3) is 0 Å². The number of rotatable bonds is 5. The van der Waals surface area contributed by atoms with Crippen LogP contribution in [0.2, 0.25) is 14.4 Å². The highest BCUT2D eigenvalue weighted by Gasteiger charge is 2.17. The molecule has 0 aliphatic rings. The molecule has 5 heteroatoms. The van der Waals surface area contributed by atoms with Gasteiger partial charge in [0.1, 0.15) is 0 Å². The second-order valence-corrected chi connectivity index (χ2v) is 7.25. The molecule has 108 valence electrons. The van der Waals surface area contributed by atoms with Crippen LogP contribution in [0, 0.1) is 0 Å². The molecule has 2 rings (SSSR count). The van der Waals surface area contributed by atoms with Crippen LogP contribution in [0.15, 0.2) is 30.3 Å². The average Bonchev–Trinajstić information content (AvgIpc) is 2.83. The van der Waals surface area contributed by atoms with Gasteiger partial charge in [-0.2, -0.15) is 0 Å². The molecule has 1 aromatic carbocycles. The van der Waals surface area contributed by atoms with Crippen molar-refractivity contribution < 1.29 is 0 Å². The largest absolute Gasteiger partial charge is 0.303 e. The first-order chi connectivity index (χ1) is 9.51. The van der Waals surface area contributed by atoms with Crippen LogP contribution >= 0.6 is 46.1 Å². The van der Waals surface area contributed by atoms with E-state index < -0.39 is 0 Å². The molecule has 1 heterocycles. The monoisotopic (exact) mass is 347 g/mol. The SMILES string of the molecule is CCC(NC(C)c1ccc(Cl)s1)c1ccc(Cl)cc1Cl. The fourth-order valence-electron chi connectivity index (χ4n) is 2.16. The Labute approximate surface area is 138 Å². The molecule has 2 aromatic rings. The lowest BCUT2D eigenvalue weighted by Gasteiger charge is -2.23. The maximum Gasteiger partial charge on any atom is 0.0931 e. The van der Waals surface area contributed by atoms with E-state index in [1.165, 1.54) is 4.88 Å². The molecule has 0 aliphatic carbocycles. The van der Waals surface area contributed by atoms with Crippen molar-refractivity contribution in [2.24, 2.45) is 0 Å². The van der Waals surface area contributed by atoms with Crippen molar-refractivity contribution in [3.05, 3.63) is 55.2 Å². The summed E-state index contributed by atoms with van der Waals surface area (Å²) in [4.78, 5) is 1.22. The minimum atomic E-state index is 0.190. The standard InChI is InChI=1S/C15H16Cl3NS/c1-3-13(11-5-4-10(16)8-12(11)17)19-9(2)14-6-7-15(18)20-14/h4-9,13,19H,3H2,1-2H3. The van der Waals surface area contributed by atoms with E-state index in [4.69, 9.17) is 34.8 Å². The molecule has 0 spiro atoms. The Morgan fingerprint density at radius 1 is 1.15 bits per heavy atom. The molecular weight excluding hydrogens is 333 g/mol. The Morgan fingerprint density at radius 3 is 2.45 bits per heavy atom. The molecule has 0 amide bonds. The van der Waals surface area contributed by atoms with Gasteiger partial charge in [0.05, 0.1) is 4.34 Å². The molecule has 0 bridgehead atoms. The number of thiophene rings is 1. The molecule has 0 radical (unpaired) electrons. The van der Waals surface area contributed by atoms with E-state index in [1.54, 1.807) is 17.4 Å². The van der Waals surface area contributed by atoms with Crippen LogP contribution < -0.4 is 5.32 Å². The van der Waals surface area contributed by atoms with Crippen molar-refractivity contribution in [1.82, 2.24) is 5.32 Å². The van der Waals surface area contributed by atoms with E-state index in [9.17, 15) is 0 Å². The summed E-state index contributed by atoms with van der Waals surface area (Å²) < 4.78 is 0.811. The second kappa shape index (κ2) is 7.15. The lowest BCUT2D eigenvalue weighted by molar-refractivity contribution is 0.461. The Morgan fingerprint density at radius 2 is 1.90 bits per heavy atom. The Balaban J connectivity index is 2.16. The highest BCUT2D eigenvalue weighted by atomic mass is 35.5. The summed E-state index contributed by atoms with van der Waals surface area (Å²) in [5.41, 5.74) is 1.08. The first-order valence-electron chi connectivity index (χ1n) is 6.47. The van der Waals surface area contributed by atoms with Crippen LogP contribution in [-0.2, 0) is 0 Å². The van der Waals surface area contributed by atoms with E-state index >= 15 is 0 Å². The smallest absolute Gasteiger partial charge is 0.0931 e. The lowest BCUT2D eigenvalue weighted by atomic mass is 10.0. The van der Waals surface area contributed by atoms with E-state index in [0.29, 0.717) is 10.0 Å². The van der Waals surface area contributed by atoms with Crippen molar-refractivity contribution in [2.75, 3.05) is 0 Å². The van der Waals surface area contributed by atoms with Gasteiger partial charge in [-0.3, -0.25) is 0 Å². The van der Waals surface area contributed by atoms with Crippen molar-refractivity contribution >= 4 is 46.1 Å². The second-order valence-electron chi connectivity index (χ2n) is 4.66. The summed E-state index contributed by atoms with van der Waals surface area (Å²) in [6.07, 6.45) is 0.949. The van der Waals surface area contributed by atoms with Crippen LogP contribution in [-0.4, -0.2) is 0 Å². The van der Waals surface area contributed by atoms with Crippen molar-refractivity contribution in [3.8, 4) is 0 Å². The van der Waals surface area contributed by atoms with Crippen molar-refractivity contribution in [3.63, 3.8) is 0 Å². The van der Waals surface area contributed by atoms with Crippen LogP contribution in [0.3, 0.4) is 0 Å². The molecule has 2 atom stereocenters. The van der Waals surface area contributed by atoms with Gasteiger partial charge in [0.15, 0.2) is 0 Å². The van der Waals surface area contributed by atoms with Crippen molar-refractivity contribution in [2.45, 2.75) is 32.4 Å². The predicted octanol–water partition coefficient (Wildman–Crippen LogP) is 6.51. The molecule has 0 fully saturated rings. The molecule has 0 saturated heterocycles. The molecule has 20 heavy (non-hydrogen) atoms. The Kier molecular flexibility index (Phi) is 5.76. The van der Waals surface area contributed by atoms with Gasteiger partial charge in [-0.1, -0.05) is 47.8 Å². The van der Waals surface area contributed by atoms with Crippen LogP contribution in [0.1, 0.15) is 42.8 Å². The fourth-order valence-corrected chi connectivity index (χ4v) is 3.77. The summed E-state index contributed by atoms with van der Waals surface area (Å²) in [5, 5.41) is 4.96. The molecule has 0 saturated carbocycles. The molecule has 1 N–H and O–H groups in total. The third-order valence-corrected chi connectivity index (χ3v) is 5.19. The van der Waals surface area contributed by atoms with E-state index in [-0.39, 0.29) is 12.1 Å². The zero-order valence-corrected chi connectivity index (χ0v) is 14.4. The minimum absolute atomic E-state index is 0.190. The summed E-state index contributed by atoms with van der Waals surface area (Å²) in [6, 6.07) is 10.0. The molecule has 0 aliphatic heterocycles. The van der Waals surface area contributed by atoms with Gasteiger partial charge in [0.25, 0.3) is 0 Å². The van der Waals surface area contributed by atoms with E-state index in [0.717, 1.165) is 16.3 Å². The number of halogens is 3. The topological polar surface area (TPSA) is 12.0 Å². The van der Waals surface area contributed by atoms with Crippen LogP contribution in [0.5, 0.6) is 0 Å². The Bertz CT molecular complexity index is 582. The normalized spacial score (nSPS) is 14.2. The predicted molar refractivity (Wildman–Crippen MR) is 90.4 cm³/mol. The van der Waals surface area contributed by atoms with Gasteiger partial charge < -0.3 is 5.32 Å². The molecule has 1 nitrogen and oxygen atoms in total. The summed E-state index contributed by atoms with van der Waals surface area (Å²) in [5.74, 6) is 0. The summed E-state index contributed by atoms with van der Waals surface area (Å²) >= 11 is 19.8. The first kappa shape index (κ1) is 16.1. The molecular formula is C15H16Cl3NS. The minimum Gasteiger partial charge on any atom is -0.303 e. The van der Waals surface area contributed by atoms with Gasteiger partial charge in [0, 0.05) is 27.0 Å². The highest BCUT2D eigenvalue weighted by molar-refractivity contribution is 7.16. The zero-order chi connectivity index (χ0) is 14.7. The van der Waals surface area contributed by atoms with Gasteiger partial charge in [-0.25, -0.2) is 0 Å². The third kappa shape index (κ3) is 3.90. The fraction of sp³-hybridized carbons (Fsp3) is 0.333. The number of benzene rings is 1. The summed E-state index contributed by atoms with van der Waals surface area (Å²) in [7, 11) is 0. The van der Waals surface area contributed by atoms with Gasteiger partial charge in [-0.05, 0) is 43.2 Å². The average molecular weight is 349 g/mol. The molecule has 2 unspecified atom stereocenters. The van der Waals surface area contributed by atoms with Gasteiger partial charge in [-0.15, -0.1) is 11.3 Å². The molecule has 1 aromatic heterocycles. The maximum atomic E-state index is 6.29. The zero-order valence-electron chi connectivity index (χ0n) is 11.3. The number of hydrogen-bond donors (Lipinski definition) is 1. The number of nitrogens with one attached hydrogen (secondary N) is 1. The first-order valence-corrected chi connectivity index (χ1v) is 8.42.